The maximum atomic E-state index is 13.9. The number of carbonyl (C=O) groups excluding carboxylic acids is 2. The van der Waals surface area contributed by atoms with E-state index in [0.717, 1.165) is 11.6 Å². The molecule has 2 aromatic carbocycles. The molecule has 2 atom stereocenters. The molecule has 0 aliphatic carbocycles. The van der Waals surface area contributed by atoms with Crippen LogP contribution >= 0.6 is 0 Å². The molecule has 2 bridgehead atoms. The van der Waals surface area contributed by atoms with Crippen LogP contribution in [0.4, 0.5) is 13.6 Å². The zero-order chi connectivity index (χ0) is 21.1. The summed E-state index contributed by atoms with van der Waals surface area (Å²) in [5, 5.41) is 0. The fourth-order valence-corrected chi connectivity index (χ4v) is 4.29. The number of fused-ring (bicyclic) bond motifs is 2. The minimum Gasteiger partial charge on any atom is -0.445 e. The van der Waals surface area contributed by atoms with Gasteiger partial charge in [-0.2, -0.15) is 0 Å². The zero-order valence-corrected chi connectivity index (χ0v) is 16.4. The molecule has 4 rings (SSSR count). The molecule has 2 fully saturated rings. The first-order valence-corrected chi connectivity index (χ1v) is 10.0. The molecule has 2 heterocycles. The standard InChI is InChI=1S/C23H23F2NO4/c24-20-8-4-7-16(22(20)25)11-21(27)17-9-18-13-29-14-19(10-17)26(18)23(28)30-12-15-5-2-1-3-6-15/h1-8,17-19H,9-14H2. The number of hydrogen-bond acceptors (Lipinski definition) is 4. The van der Waals surface area contributed by atoms with Gasteiger partial charge in [-0.15, -0.1) is 0 Å². The van der Waals surface area contributed by atoms with Gasteiger partial charge in [-0.05, 0) is 30.0 Å². The summed E-state index contributed by atoms with van der Waals surface area (Å²) in [6, 6.07) is 12.7. The van der Waals surface area contributed by atoms with E-state index in [4.69, 9.17) is 9.47 Å². The van der Waals surface area contributed by atoms with Crippen molar-refractivity contribution in [1.82, 2.24) is 4.90 Å². The number of hydrogen-bond donors (Lipinski definition) is 0. The highest BCUT2D eigenvalue weighted by atomic mass is 19.2. The smallest absolute Gasteiger partial charge is 0.410 e. The fourth-order valence-electron chi connectivity index (χ4n) is 4.29. The van der Waals surface area contributed by atoms with E-state index in [1.54, 1.807) is 4.90 Å². The minimum atomic E-state index is -0.976. The molecule has 0 radical (unpaired) electrons. The summed E-state index contributed by atoms with van der Waals surface area (Å²) in [6.07, 6.45) is 0.270. The van der Waals surface area contributed by atoms with Crippen molar-refractivity contribution in [1.29, 1.82) is 0 Å². The Morgan fingerprint density at radius 1 is 1.00 bits per heavy atom. The van der Waals surface area contributed by atoms with E-state index in [1.165, 1.54) is 12.1 Å². The summed E-state index contributed by atoms with van der Waals surface area (Å²) < 4.78 is 38.4. The van der Waals surface area contributed by atoms with Crippen LogP contribution in [0.3, 0.4) is 0 Å². The molecular weight excluding hydrogens is 392 g/mol. The van der Waals surface area contributed by atoms with E-state index in [1.807, 2.05) is 30.3 Å². The van der Waals surface area contributed by atoms with Crippen molar-refractivity contribution in [3.05, 3.63) is 71.3 Å². The van der Waals surface area contributed by atoms with Crippen LogP contribution in [-0.2, 0) is 27.3 Å². The van der Waals surface area contributed by atoms with Gasteiger partial charge in [0, 0.05) is 12.3 Å². The molecule has 2 saturated heterocycles. The molecule has 2 aliphatic rings. The van der Waals surface area contributed by atoms with E-state index >= 15 is 0 Å². The van der Waals surface area contributed by atoms with Crippen molar-refractivity contribution in [2.45, 2.75) is 38.0 Å². The maximum Gasteiger partial charge on any atom is 0.410 e. The molecule has 7 heteroatoms. The Kier molecular flexibility index (Phi) is 6.08. The third kappa shape index (κ3) is 4.36. The molecule has 0 N–H and O–H groups in total. The monoisotopic (exact) mass is 415 g/mol. The summed E-state index contributed by atoms with van der Waals surface area (Å²) in [4.78, 5) is 27.2. The fraction of sp³-hybridized carbons (Fsp3) is 0.391. The number of ether oxygens (including phenoxy) is 2. The summed E-state index contributed by atoms with van der Waals surface area (Å²) in [5.41, 5.74) is 0.959. The van der Waals surface area contributed by atoms with Crippen LogP contribution in [0.2, 0.25) is 0 Å². The summed E-state index contributed by atoms with van der Waals surface area (Å²) in [6.45, 7) is 0.835. The third-order valence-electron chi connectivity index (χ3n) is 5.79. The van der Waals surface area contributed by atoms with Gasteiger partial charge >= 0.3 is 6.09 Å². The number of nitrogens with zero attached hydrogens (tertiary/aromatic N) is 1. The van der Waals surface area contributed by atoms with E-state index in [2.05, 4.69) is 0 Å². The molecule has 158 valence electrons. The quantitative estimate of drug-likeness (QED) is 0.744. The molecule has 5 nitrogen and oxygen atoms in total. The Labute approximate surface area is 173 Å². The van der Waals surface area contributed by atoms with Crippen LogP contribution in [0.15, 0.2) is 48.5 Å². The van der Waals surface area contributed by atoms with Gasteiger partial charge in [-0.1, -0.05) is 42.5 Å². The Morgan fingerprint density at radius 3 is 2.40 bits per heavy atom. The van der Waals surface area contributed by atoms with E-state index in [9.17, 15) is 18.4 Å². The van der Waals surface area contributed by atoms with Crippen LogP contribution in [0.5, 0.6) is 0 Å². The molecule has 2 aliphatic heterocycles. The highest BCUT2D eigenvalue weighted by Gasteiger charge is 2.44. The Morgan fingerprint density at radius 2 is 1.70 bits per heavy atom. The lowest BCUT2D eigenvalue weighted by atomic mass is 9.81. The van der Waals surface area contributed by atoms with Gasteiger partial charge in [-0.3, -0.25) is 9.69 Å². The van der Waals surface area contributed by atoms with Gasteiger partial charge in [0.05, 0.1) is 25.3 Å². The highest BCUT2D eigenvalue weighted by molar-refractivity contribution is 5.84. The van der Waals surface area contributed by atoms with Gasteiger partial charge in [0.1, 0.15) is 12.4 Å². The van der Waals surface area contributed by atoms with Gasteiger partial charge in [0.25, 0.3) is 0 Å². The summed E-state index contributed by atoms with van der Waals surface area (Å²) in [7, 11) is 0. The first kappa shape index (κ1) is 20.5. The minimum absolute atomic E-state index is 0.0612. The number of ketones is 1. The second-order valence-electron chi connectivity index (χ2n) is 7.82. The van der Waals surface area contributed by atoms with E-state index < -0.39 is 17.7 Å². The molecule has 2 aromatic rings. The number of rotatable bonds is 5. The van der Waals surface area contributed by atoms with Crippen molar-refractivity contribution >= 4 is 11.9 Å². The third-order valence-corrected chi connectivity index (χ3v) is 5.79. The van der Waals surface area contributed by atoms with Crippen LogP contribution < -0.4 is 0 Å². The number of benzene rings is 2. The number of Topliss-reactive ketones (excluding diaryl/α,β-unsaturated/α-hetero) is 1. The summed E-state index contributed by atoms with van der Waals surface area (Å²) >= 11 is 0. The van der Waals surface area contributed by atoms with Crippen molar-refractivity contribution in [3.63, 3.8) is 0 Å². The zero-order valence-electron chi connectivity index (χ0n) is 16.4. The Bertz CT molecular complexity index is 907. The first-order chi connectivity index (χ1) is 14.5. The van der Waals surface area contributed by atoms with Crippen molar-refractivity contribution < 1.29 is 27.8 Å². The van der Waals surface area contributed by atoms with Crippen LogP contribution in [0, 0.1) is 17.6 Å². The van der Waals surface area contributed by atoms with E-state index in [0.29, 0.717) is 26.1 Å². The lowest BCUT2D eigenvalue weighted by Gasteiger charge is -2.47. The van der Waals surface area contributed by atoms with Crippen molar-refractivity contribution in [3.8, 4) is 0 Å². The number of amides is 1. The van der Waals surface area contributed by atoms with Crippen LogP contribution in [0.1, 0.15) is 24.0 Å². The highest BCUT2D eigenvalue weighted by Crippen LogP contribution is 2.33. The number of carbonyl (C=O) groups is 2. The average Bonchev–Trinajstić information content (AvgIpc) is 2.75. The van der Waals surface area contributed by atoms with Crippen molar-refractivity contribution in [2.24, 2.45) is 5.92 Å². The molecular formula is C23H23F2NO4. The molecule has 30 heavy (non-hydrogen) atoms. The molecule has 2 unspecified atom stereocenters. The number of halogens is 2. The topological polar surface area (TPSA) is 55.8 Å². The largest absolute Gasteiger partial charge is 0.445 e. The van der Waals surface area contributed by atoms with Gasteiger partial charge in [-0.25, -0.2) is 13.6 Å². The first-order valence-electron chi connectivity index (χ1n) is 10.0. The summed E-state index contributed by atoms with van der Waals surface area (Å²) in [5.74, 6) is -2.41. The predicted octanol–water partition coefficient (Wildman–Crippen LogP) is 3.89. The van der Waals surface area contributed by atoms with Crippen molar-refractivity contribution in [2.75, 3.05) is 13.2 Å². The molecule has 0 spiro atoms. The van der Waals surface area contributed by atoms with Crippen LogP contribution in [-0.4, -0.2) is 42.1 Å². The molecule has 1 amide bonds. The second kappa shape index (κ2) is 8.92. The molecule has 0 saturated carbocycles. The Balaban J connectivity index is 1.39. The average molecular weight is 415 g/mol. The lowest BCUT2D eigenvalue weighted by Crippen LogP contribution is -2.60. The van der Waals surface area contributed by atoms with Gasteiger partial charge in [0.15, 0.2) is 11.6 Å². The molecule has 0 aromatic heterocycles. The van der Waals surface area contributed by atoms with Gasteiger partial charge in [0.2, 0.25) is 0 Å². The number of piperidine rings is 1. The van der Waals surface area contributed by atoms with Gasteiger partial charge < -0.3 is 9.47 Å². The lowest BCUT2D eigenvalue weighted by molar-refractivity contribution is -0.130. The second-order valence-corrected chi connectivity index (χ2v) is 7.82. The van der Waals surface area contributed by atoms with E-state index in [-0.39, 0.29) is 42.4 Å². The Hall–Kier alpha value is -2.80. The predicted molar refractivity (Wildman–Crippen MR) is 105 cm³/mol. The van der Waals surface area contributed by atoms with Crippen LogP contribution in [0.25, 0.3) is 0 Å². The normalized spacial score (nSPS) is 23.1. The number of morpholine rings is 1. The maximum absolute atomic E-state index is 13.9. The SMILES string of the molecule is O=C(Cc1cccc(F)c1F)C1CC2COCC(C1)N2C(=O)OCc1ccccc1.